The van der Waals surface area contributed by atoms with Crippen molar-refractivity contribution in [2.24, 2.45) is 0 Å². The Morgan fingerprint density at radius 2 is 1.92 bits per heavy atom. The third-order valence-corrected chi connectivity index (χ3v) is 4.90. The molecule has 1 aliphatic rings. The number of rotatable bonds is 4. The highest BCUT2D eigenvalue weighted by molar-refractivity contribution is 6.34. The number of amides is 1. The maximum Gasteiger partial charge on any atom is 0.250 e. The minimum Gasteiger partial charge on any atom is -0.339 e. The van der Waals surface area contributed by atoms with Crippen LogP contribution in [0.3, 0.4) is 0 Å². The highest BCUT2D eigenvalue weighted by Gasteiger charge is 2.43. The Morgan fingerprint density at radius 1 is 1.28 bits per heavy atom. The van der Waals surface area contributed by atoms with Crippen LogP contribution in [0.5, 0.6) is 0 Å². The van der Waals surface area contributed by atoms with Gasteiger partial charge < -0.3 is 10.2 Å². The summed E-state index contributed by atoms with van der Waals surface area (Å²) in [6.45, 7) is 2.04. The van der Waals surface area contributed by atoms with Crippen LogP contribution in [0.2, 0.25) is 10.0 Å². The van der Waals surface area contributed by atoms with Crippen LogP contribution in [-0.2, 0) is 16.9 Å². The summed E-state index contributed by atoms with van der Waals surface area (Å²) in [5.74, 6) is 0.0591. The molecule has 0 unspecified atom stereocenters. The van der Waals surface area contributed by atoms with Gasteiger partial charge in [0.2, 0.25) is 0 Å². The van der Waals surface area contributed by atoms with Gasteiger partial charge in [-0.05, 0) is 55.8 Å². The van der Waals surface area contributed by atoms with Gasteiger partial charge in [-0.1, -0.05) is 23.2 Å². The van der Waals surface area contributed by atoms with Crippen molar-refractivity contribution in [3.8, 4) is 0 Å². The normalized spacial score (nSPS) is 16.1. The lowest BCUT2D eigenvalue weighted by atomic mass is 9.86. The number of nitrogens with one attached hydrogen (secondary N) is 1. The summed E-state index contributed by atoms with van der Waals surface area (Å²) in [4.78, 5) is 15.0. The number of aromatic nitrogens is 2. The van der Waals surface area contributed by atoms with Gasteiger partial charge in [0.15, 0.2) is 0 Å². The zero-order chi connectivity index (χ0) is 17.2. The number of carbonyl (C=O) groups excluding carboxylic acids is 1. The molecule has 1 aromatic carbocycles. The Labute approximate surface area is 163 Å². The largest absolute Gasteiger partial charge is 0.339 e. The van der Waals surface area contributed by atoms with Crippen LogP contribution in [0.4, 0.5) is 0 Å². The molecule has 1 amide bonds. The Kier molecular flexibility index (Phi) is 6.74. The first-order valence-corrected chi connectivity index (χ1v) is 8.68. The predicted molar refractivity (Wildman–Crippen MR) is 102 cm³/mol. The van der Waals surface area contributed by atoms with E-state index >= 15 is 0 Å². The predicted octanol–water partition coefficient (Wildman–Crippen LogP) is 3.35. The highest BCUT2D eigenvalue weighted by Crippen LogP contribution is 2.30. The van der Waals surface area contributed by atoms with E-state index in [4.69, 9.17) is 23.2 Å². The van der Waals surface area contributed by atoms with Gasteiger partial charge in [0, 0.05) is 36.0 Å². The summed E-state index contributed by atoms with van der Waals surface area (Å²) in [6.07, 6.45) is 5.02. The van der Waals surface area contributed by atoms with Gasteiger partial charge in [-0.2, -0.15) is 5.10 Å². The topological polar surface area (TPSA) is 50.2 Å². The summed E-state index contributed by atoms with van der Waals surface area (Å²) < 4.78 is 1.80. The van der Waals surface area contributed by atoms with Crippen molar-refractivity contribution in [2.45, 2.75) is 24.9 Å². The second-order valence-corrected chi connectivity index (χ2v) is 7.04. The first kappa shape index (κ1) is 20.0. The van der Waals surface area contributed by atoms with E-state index in [0.717, 1.165) is 18.7 Å². The van der Waals surface area contributed by atoms with Gasteiger partial charge in [-0.3, -0.25) is 9.48 Å². The molecule has 3 rings (SSSR count). The fraction of sp³-hybridized carbons (Fsp3) is 0.412. The number of carbonyl (C=O) groups is 1. The number of piperidine rings is 1. The van der Waals surface area contributed by atoms with Gasteiger partial charge in [0.1, 0.15) is 5.54 Å². The van der Waals surface area contributed by atoms with Gasteiger partial charge in [0.05, 0.1) is 0 Å². The van der Waals surface area contributed by atoms with E-state index < -0.39 is 5.54 Å². The van der Waals surface area contributed by atoms with Gasteiger partial charge in [-0.25, -0.2) is 0 Å². The van der Waals surface area contributed by atoms with Crippen LogP contribution in [0.25, 0.3) is 0 Å². The fourth-order valence-electron chi connectivity index (χ4n) is 3.31. The van der Waals surface area contributed by atoms with Gasteiger partial charge >= 0.3 is 0 Å². The molecule has 136 valence electrons. The molecule has 2 aromatic rings. The molecule has 0 spiro atoms. The van der Waals surface area contributed by atoms with Crippen LogP contribution in [0, 0.1) is 0 Å². The van der Waals surface area contributed by atoms with E-state index in [0.29, 0.717) is 29.4 Å². The first-order chi connectivity index (χ1) is 11.5. The van der Waals surface area contributed by atoms with Crippen LogP contribution in [0.1, 0.15) is 18.4 Å². The summed E-state index contributed by atoms with van der Waals surface area (Å²) in [5, 5.41) is 8.81. The summed E-state index contributed by atoms with van der Waals surface area (Å²) in [6, 6.07) is 7.21. The maximum atomic E-state index is 13.3. The van der Waals surface area contributed by atoms with Crippen LogP contribution in [0.15, 0.2) is 36.7 Å². The highest BCUT2D eigenvalue weighted by atomic mass is 35.5. The molecule has 1 N–H and O–H groups in total. The molecule has 0 radical (unpaired) electrons. The molecule has 5 nitrogen and oxygen atoms in total. The monoisotopic (exact) mass is 402 g/mol. The molecule has 0 aliphatic carbocycles. The Bertz CT molecular complexity index is 694. The smallest absolute Gasteiger partial charge is 0.250 e. The van der Waals surface area contributed by atoms with Crippen LogP contribution < -0.4 is 5.32 Å². The number of hydrogen-bond acceptors (Lipinski definition) is 3. The zero-order valence-corrected chi connectivity index (χ0v) is 16.2. The third kappa shape index (κ3) is 4.29. The van der Waals surface area contributed by atoms with E-state index in [-0.39, 0.29) is 18.3 Å². The third-order valence-electron chi connectivity index (χ3n) is 4.46. The lowest BCUT2D eigenvalue weighted by molar-refractivity contribution is -0.142. The zero-order valence-electron chi connectivity index (χ0n) is 13.9. The van der Waals surface area contributed by atoms with Gasteiger partial charge in [0.25, 0.3) is 5.91 Å². The minimum absolute atomic E-state index is 0. The van der Waals surface area contributed by atoms with E-state index in [9.17, 15) is 4.79 Å². The molecule has 1 aliphatic heterocycles. The molecular weight excluding hydrogens is 383 g/mol. The van der Waals surface area contributed by atoms with Crippen molar-refractivity contribution in [3.63, 3.8) is 0 Å². The van der Waals surface area contributed by atoms with Crippen molar-refractivity contribution in [2.75, 3.05) is 20.1 Å². The van der Waals surface area contributed by atoms with E-state index in [1.54, 1.807) is 21.8 Å². The molecule has 0 saturated carbocycles. The Balaban J connectivity index is 0.00000225. The average molecular weight is 404 g/mol. The van der Waals surface area contributed by atoms with Crippen molar-refractivity contribution in [3.05, 3.63) is 52.3 Å². The summed E-state index contributed by atoms with van der Waals surface area (Å²) >= 11 is 12.1. The SMILES string of the molecule is CN(Cc1cc(Cl)cc(Cl)c1)C(=O)C1(n2cccn2)CCNCC1.Cl. The number of halogens is 3. The molecule has 1 fully saturated rings. The van der Waals surface area contributed by atoms with Crippen molar-refractivity contribution in [1.82, 2.24) is 20.0 Å². The average Bonchev–Trinajstić information content (AvgIpc) is 3.08. The molecular formula is C17H21Cl3N4O. The lowest BCUT2D eigenvalue weighted by Crippen LogP contribution is -2.54. The molecule has 1 saturated heterocycles. The maximum absolute atomic E-state index is 13.3. The Hall–Kier alpha value is -1.27. The van der Waals surface area contributed by atoms with E-state index in [2.05, 4.69) is 10.4 Å². The first-order valence-electron chi connectivity index (χ1n) is 7.93. The second-order valence-electron chi connectivity index (χ2n) is 6.17. The quantitative estimate of drug-likeness (QED) is 0.852. The number of hydrogen-bond donors (Lipinski definition) is 1. The molecule has 0 bridgehead atoms. The molecule has 8 heteroatoms. The van der Waals surface area contributed by atoms with Crippen LogP contribution in [-0.4, -0.2) is 40.7 Å². The summed E-state index contributed by atoms with van der Waals surface area (Å²) in [7, 11) is 1.81. The summed E-state index contributed by atoms with van der Waals surface area (Å²) in [5.41, 5.74) is 0.277. The molecule has 2 heterocycles. The van der Waals surface area contributed by atoms with Crippen molar-refractivity contribution < 1.29 is 4.79 Å². The Morgan fingerprint density at radius 3 is 2.48 bits per heavy atom. The second kappa shape index (κ2) is 8.41. The molecule has 1 aromatic heterocycles. The molecule has 25 heavy (non-hydrogen) atoms. The van der Waals surface area contributed by atoms with Crippen molar-refractivity contribution in [1.29, 1.82) is 0 Å². The number of benzene rings is 1. The lowest BCUT2D eigenvalue weighted by Gasteiger charge is -2.39. The van der Waals surface area contributed by atoms with Crippen LogP contribution >= 0.6 is 35.6 Å². The standard InChI is InChI=1S/C17H20Cl2N4O.ClH/c1-22(12-13-9-14(18)11-15(19)10-13)16(24)17(3-6-20-7-4-17)23-8-2-5-21-23;/h2,5,8-11,20H,3-4,6-7,12H2,1H3;1H. The van der Waals surface area contributed by atoms with Gasteiger partial charge in [-0.15, -0.1) is 12.4 Å². The van der Waals surface area contributed by atoms with E-state index in [1.807, 2.05) is 31.4 Å². The number of nitrogens with zero attached hydrogens (tertiary/aromatic N) is 3. The van der Waals surface area contributed by atoms with Crippen molar-refractivity contribution >= 4 is 41.5 Å². The number of likely N-dealkylation sites (N-methyl/N-ethyl adjacent to an activating group) is 1. The fourth-order valence-corrected chi connectivity index (χ4v) is 3.88. The minimum atomic E-state index is -0.633. The molecule has 0 atom stereocenters. The van der Waals surface area contributed by atoms with E-state index in [1.165, 1.54) is 0 Å².